The highest BCUT2D eigenvalue weighted by Gasteiger charge is 2.10. The molecule has 0 fully saturated rings. The summed E-state index contributed by atoms with van der Waals surface area (Å²) in [6, 6.07) is 11.4. The van der Waals surface area contributed by atoms with Crippen LogP contribution in [0.2, 0.25) is 5.02 Å². The summed E-state index contributed by atoms with van der Waals surface area (Å²) in [5.41, 5.74) is 1.56. The third-order valence-corrected chi connectivity index (χ3v) is 3.80. The third-order valence-electron chi connectivity index (χ3n) is 3.15. The number of aromatic nitrogens is 2. The first-order valence-electron chi connectivity index (χ1n) is 6.63. The molecule has 1 amide bonds. The van der Waals surface area contributed by atoms with Gasteiger partial charge in [0.15, 0.2) is 0 Å². The summed E-state index contributed by atoms with van der Waals surface area (Å²) in [6.07, 6.45) is 3.50. The van der Waals surface area contributed by atoms with E-state index in [2.05, 4.69) is 26.3 Å². The molecule has 0 aliphatic carbocycles. The highest BCUT2D eigenvalue weighted by atomic mass is 79.9. The molecule has 1 aromatic heterocycles. The summed E-state index contributed by atoms with van der Waals surface area (Å²) in [5, 5.41) is 17.0. The predicted octanol–water partition coefficient (Wildman–Crippen LogP) is 4.25. The number of phenols is 1. The van der Waals surface area contributed by atoms with Gasteiger partial charge in [0.1, 0.15) is 5.75 Å². The molecule has 116 valence electrons. The van der Waals surface area contributed by atoms with Gasteiger partial charge >= 0.3 is 0 Å². The molecule has 23 heavy (non-hydrogen) atoms. The van der Waals surface area contributed by atoms with Gasteiger partial charge in [-0.05, 0) is 58.4 Å². The fourth-order valence-corrected chi connectivity index (χ4v) is 2.47. The van der Waals surface area contributed by atoms with Crippen LogP contribution in [0.15, 0.2) is 59.3 Å². The Bertz CT molecular complexity index is 862. The molecule has 7 heteroatoms. The van der Waals surface area contributed by atoms with Crippen molar-refractivity contribution in [2.45, 2.75) is 0 Å². The lowest BCUT2D eigenvalue weighted by Crippen LogP contribution is -2.12. The second kappa shape index (κ2) is 6.44. The summed E-state index contributed by atoms with van der Waals surface area (Å²) in [7, 11) is 0. The number of benzene rings is 2. The van der Waals surface area contributed by atoms with Gasteiger partial charge in [-0.3, -0.25) is 4.79 Å². The van der Waals surface area contributed by atoms with Gasteiger partial charge in [0, 0.05) is 16.8 Å². The van der Waals surface area contributed by atoms with E-state index in [-0.39, 0.29) is 17.3 Å². The number of hydrogen-bond donors (Lipinski definition) is 2. The quantitative estimate of drug-likeness (QED) is 0.655. The normalized spacial score (nSPS) is 10.5. The Morgan fingerprint density at radius 2 is 1.96 bits per heavy atom. The zero-order chi connectivity index (χ0) is 16.4. The molecular weight excluding hydrogens is 382 g/mol. The Morgan fingerprint density at radius 3 is 2.61 bits per heavy atom. The number of rotatable bonds is 3. The molecule has 2 N–H and O–H groups in total. The molecule has 0 bridgehead atoms. The monoisotopic (exact) mass is 391 g/mol. The molecule has 0 radical (unpaired) electrons. The Labute approximate surface area is 145 Å². The van der Waals surface area contributed by atoms with Crippen molar-refractivity contribution in [3.05, 3.63) is 69.9 Å². The Kier molecular flexibility index (Phi) is 4.36. The second-order valence-corrected chi connectivity index (χ2v) is 6.12. The van der Waals surface area contributed by atoms with Crippen LogP contribution < -0.4 is 5.32 Å². The van der Waals surface area contributed by atoms with Crippen molar-refractivity contribution >= 4 is 39.1 Å². The molecule has 0 aliphatic heterocycles. The van der Waals surface area contributed by atoms with E-state index in [0.29, 0.717) is 10.6 Å². The van der Waals surface area contributed by atoms with E-state index in [1.54, 1.807) is 41.2 Å². The molecule has 0 saturated carbocycles. The molecule has 0 saturated heterocycles. The lowest BCUT2D eigenvalue weighted by atomic mass is 10.2. The maximum absolute atomic E-state index is 12.2. The second-order valence-electron chi connectivity index (χ2n) is 4.77. The van der Waals surface area contributed by atoms with Crippen molar-refractivity contribution in [1.82, 2.24) is 9.78 Å². The summed E-state index contributed by atoms with van der Waals surface area (Å²) in [6.45, 7) is 0. The van der Waals surface area contributed by atoms with Crippen LogP contribution >= 0.6 is 27.5 Å². The number of nitrogens with zero attached hydrogens (tertiary/aromatic N) is 2. The van der Waals surface area contributed by atoms with Crippen LogP contribution in [0.5, 0.6) is 5.75 Å². The van der Waals surface area contributed by atoms with Crippen LogP contribution in [-0.4, -0.2) is 20.8 Å². The number of nitrogens with one attached hydrogen (secondary N) is 1. The SMILES string of the molecule is O=C(Nc1cc(Cl)ccc1O)c1ccc(-n2cc(Br)cn2)cc1. The Hall–Kier alpha value is -2.31. The number of amides is 1. The van der Waals surface area contributed by atoms with Crippen LogP contribution in [0.4, 0.5) is 5.69 Å². The zero-order valence-corrected chi connectivity index (χ0v) is 14.0. The largest absolute Gasteiger partial charge is 0.506 e. The van der Waals surface area contributed by atoms with Crippen molar-refractivity contribution < 1.29 is 9.90 Å². The van der Waals surface area contributed by atoms with E-state index >= 15 is 0 Å². The van der Waals surface area contributed by atoms with E-state index in [1.807, 2.05) is 6.20 Å². The third kappa shape index (κ3) is 3.55. The van der Waals surface area contributed by atoms with E-state index in [4.69, 9.17) is 11.6 Å². The van der Waals surface area contributed by atoms with E-state index < -0.39 is 0 Å². The Balaban J connectivity index is 1.79. The number of anilines is 1. The molecule has 2 aromatic carbocycles. The predicted molar refractivity (Wildman–Crippen MR) is 92.3 cm³/mol. The first kappa shape index (κ1) is 15.6. The van der Waals surface area contributed by atoms with Crippen LogP contribution in [0.1, 0.15) is 10.4 Å². The van der Waals surface area contributed by atoms with Crippen molar-refractivity contribution in [2.75, 3.05) is 5.32 Å². The molecule has 0 unspecified atom stereocenters. The van der Waals surface area contributed by atoms with Gasteiger partial charge in [-0.1, -0.05) is 11.6 Å². The van der Waals surface area contributed by atoms with E-state index in [9.17, 15) is 9.90 Å². The maximum atomic E-state index is 12.2. The maximum Gasteiger partial charge on any atom is 0.255 e. The molecule has 5 nitrogen and oxygen atoms in total. The van der Waals surface area contributed by atoms with Gasteiger partial charge in [-0.25, -0.2) is 4.68 Å². The fraction of sp³-hybridized carbons (Fsp3) is 0. The highest BCUT2D eigenvalue weighted by molar-refractivity contribution is 9.10. The lowest BCUT2D eigenvalue weighted by Gasteiger charge is -2.08. The first-order valence-corrected chi connectivity index (χ1v) is 7.80. The number of phenolic OH excluding ortho intramolecular Hbond substituents is 1. The summed E-state index contributed by atoms with van der Waals surface area (Å²) >= 11 is 9.20. The fourth-order valence-electron chi connectivity index (χ4n) is 2.01. The molecule has 0 aliphatic rings. The van der Waals surface area contributed by atoms with Gasteiger partial charge < -0.3 is 10.4 Å². The molecule has 1 heterocycles. The molecule has 3 aromatic rings. The molecule has 3 rings (SSSR count). The van der Waals surface area contributed by atoms with E-state index in [0.717, 1.165) is 10.2 Å². The smallest absolute Gasteiger partial charge is 0.255 e. The average Bonchev–Trinajstić information content (AvgIpc) is 2.97. The average molecular weight is 393 g/mol. The standard InChI is InChI=1S/C16H11BrClN3O2/c17-11-8-19-21(9-11)13-4-1-10(2-5-13)16(23)20-14-7-12(18)3-6-15(14)22/h1-9,22H,(H,20,23). The van der Waals surface area contributed by atoms with Crippen LogP contribution in [0.25, 0.3) is 5.69 Å². The highest BCUT2D eigenvalue weighted by Crippen LogP contribution is 2.27. The van der Waals surface area contributed by atoms with Crippen LogP contribution in [0.3, 0.4) is 0 Å². The minimum absolute atomic E-state index is 0.0410. The number of carbonyl (C=O) groups excluding carboxylic acids is 1. The first-order chi connectivity index (χ1) is 11.0. The van der Waals surface area contributed by atoms with Crippen molar-refractivity contribution in [2.24, 2.45) is 0 Å². The lowest BCUT2D eigenvalue weighted by molar-refractivity contribution is 0.102. The number of carbonyl (C=O) groups is 1. The zero-order valence-electron chi connectivity index (χ0n) is 11.7. The summed E-state index contributed by atoms with van der Waals surface area (Å²) in [5.74, 6) is -0.378. The summed E-state index contributed by atoms with van der Waals surface area (Å²) in [4.78, 5) is 12.2. The molecular formula is C16H11BrClN3O2. The van der Waals surface area contributed by atoms with Crippen LogP contribution in [0, 0.1) is 0 Å². The van der Waals surface area contributed by atoms with Crippen molar-refractivity contribution in [1.29, 1.82) is 0 Å². The van der Waals surface area contributed by atoms with Gasteiger partial charge in [0.25, 0.3) is 5.91 Å². The van der Waals surface area contributed by atoms with Crippen molar-refractivity contribution in [3.63, 3.8) is 0 Å². The minimum atomic E-state index is -0.337. The van der Waals surface area contributed by atoms with Crippen LogP contribution in [-0.2, 0) is 0 Å². The van der Waals surface area contributed by atoms with Gasteiger partial charge in [0.2, 0.25) is 0 Å². The summed E-state index contributed by atoms with van der Waals surface area (Å²) < 4.78 is 2.56. The van der Waals surface area contributed by atoms with E-state index in [1.165, 1.54) is 12.1 Å². The Morgan fingerprint density at radius 1 is 1.22 bits per heavy atom. The number of halogens is 2. The topological polar surface area (TPSA) is 67.2 Å². The number of aromatic hydroxyl groups is 1. The molecule has 0 spiro atoms. The van der Waals surface area contributed by atoms with Crippen molar-refractivity contribution in [3.8, 4) is 11.4 Å². The number of hydrogen-bond acceptors (Lipinski definition) is 3. The van der Waals surface area contributed by atoms with Gasteiger partial charge in [0.05, 0.1) is 22.0 Å². The van der Waals surface area contributed by atoms with Gasteiger partial charge in [-0.2, -0.15) is 5.10 Å². The van der Waals surface area contributed by atoms with Gasteiger partial charge in [-0.15, -0.1) is 0 Å². The molecule has 0 atom stereocenters. The minimum Gasteiger partial charge on any atom is -0.506 e.